The summed E-state index contributed by atoms with van der Waals surface area (Å²) in [6.07, 6.45) is 1.78. The first-order chi connectivity index (χ1) is 10.7. The zero-order valence-electron chi connectivity index (χ0n) is 13.7. The molecule has 9 heteroatoms. The fraction of sp³-hybridized carbons (Fsp3) is 0.714. The van der Waals surface area contributed by atoms with Crippen molar-refractivity contribution in [2.75, 3.05) is 6.54 Å². The van der Waals surface area contributed by atoms with E-state index < -0.39 is 35.9 Å². The van der Waals surface area contributed by atoms with Crippen molar-refractivity contribution in [3.63, 3.8) is 0 Å². The Morgan fingerprint density at radius 3 is 2.00 bits per heavy atom. The Labute approximate surface area is 135 Å². The number of carboxylic acids is 1. The van der Waals surface area contributed by atoms with E-state index in [-0.39, 0.29) is 5.91 Å². The number of hydrogen-bond acceptors (Lipinski definition) is 5. The highest BCUT2D eigenvalue weighted by Crippen LogP contribution is 2.02. The number of unbranched alkanes of at least 4 members (excludes halogenated alkanes) is 1. The summed E-state index contributed by atoms with van der Waals surface area (Å²) < 4.78 is 0. The number of carbonyl (C=O) groups is 4. The van der Waals surface area contributed by atoms with E-state index in [1.807, 2.05) is 0 Å². The van der Waals surface area contributed by atoms with Gasteiger partial charge in [-0.15, -0.1) is 0 Å². The summed E-state index contributed by atoms with van der Waals surface area (Å²) in [6.45, 7) is 4.54. The summed E-state index contributed by atoms with van der Waals surface area (Å²) in [6, 6.07) is -2.74. The molecule has 0 saturated heterocycles. The molecule has 23 heavy (non-hydrogen) atoms. The number of nitrogens with one attached hydrogen (secondary N) is 3. The van der Waals surface area contributed by atoms with Crippen LogP contribution in [0.2, 0.25) is 0 Å². The van der Waals surface area contributed by atoms with Gasteiger partial charge in [-0.1, -0.05) is 0 Å². The number of aliphatic carboxylic acids is 1. The molecular weight excluding hydrogens is 304 g/mol. The van der Waals surface area contributed by atoms with E-state index in [1.54, 1.807) is 0 Å². The minimum Gasteiger partial charge on any atom is -0.480 e. The van der Waals surface area contributed by atoms with Crippen molar-refractivity contribution in [2.45, 2.75) is 58.2 Å². The van der Waals surface area contributed by atoms with E-state index in [4.69, 9.17) is 10.8 Å². The van der Waals surface area contributed by atoms with Crippen LogP contribution in [0.5, 0.6) is 0 Å². The van der Waals surface area contributed by atoms with Gasteiger partial charge in [0.25, 0.3) is 0 Å². The van der Waals surface area contributed by atoms with E-state index in [0.29, 0.717) is 19.4 Å². The molecule has 0 rings (SSSR count). The Balaban J connectivity index is 4.59. The molecule has 0 unspecified atom stereocenters. The Kier molecular flexibility index (Phi) is 9.56. The lowest BCUT2D eigenvalue weighted by molar-refractivity contribution is -0.141. The normalized spacial score (nSPS) is 14.3. The molecule has 0 fully saturated rings. The maximum atomic E-state index is 12.2. The molecule has 0 saturated carbocycles. The van der Waals surface area contributed by atoms with Gasteiger partial charge < -0.3 is 26.8 Å². The second-order valence-electron chi connectivity index (χ2n) is 5.34. The predicted octanol–water partition coefficient (Wildman–Crippen LogP) is -1.29. The largest absolute Gasteiger partial charge is 0.480 e. The molecule has 0 spiro atoms. The summed E-state index contributed by atoms with van der Waals surface area (Å²) in [5.41, 5.74) is 5.39. The SMILES string of the molecule is CC(=O)N[C@H](CCCCN)C(=O)N[C@H](C)C(=O)N[C@H](C)C(=O)O. The van der Waals surface area contributed by atoms with Crippen LogP contribution in [0, 0.1) is 0 Å². The van der Waals surface area contributed by atoms with Crippen LogP contribution in [0.1, 0.15) is 40.0 Å². The molecule has 0 radical (unpaired) electrons. The number of carbonyl (C=O) groups excluding carboxylic acids is 3. The topological polar surface area (TPSA) is 151 Å². The highest BCUT2D eigenvalue weighted by atomic mass is 16.4. The Bertz CT molecular complexity index is 441. The Morgan fingerprint density at radius 2 is 1.52 bits per heavy atom. The smallest absolute Gasteiger partial charge is 0.325 e. The molecule has 0 aliphatic carbocycles. The lowest BCUT2D eigenvalue weighted by Crippen LogP contribution is -2.54. The van der Waals surface area contributed by atoms with E-state index in [9.17, 15) is 19.2 Å². The van der Waals surface area contributed by atoms with Crippen molar-refractivity contribution in [1.29, 1.82) is 0 Å². The molecule has 9 nitrogen and oxygen atoms in total. The number of amides is 3. The van der Waals surface area contributed by atoms with Crippen LogP contribution in [-0.4, -0.2) is 53.5 Å². The first-order valence-corrected chi connectivity index (χ1v) is 7.49. The van der Waals surface area contributed by atoms with E-state index in [2.05, 4.69) is 16.0 Å². The quantitative estimate of drug-likeness (QED) is 0.315. The molecule has 0 aromatic carbocycles. The monoisotopic (exact) mass is 330 g/mol. The van der Waals surface area contributed by atoms with E-state index in [0.717, 1.165) is 6.42 Å². The molecule has 0 heterocycles. The molecule has 0 aromatic heterocycles. The fourth-order valence-electron chi connectivity index (χ4n) is 1.79. The average Bonchev–Trinajstić information content (AvgIpc) is 2.45. The van der Waals surface area contributed by atoms with Crippen LogP contribution in [-0.2, 0) is 19.2 Å². The highest BCUT2D eigenvalue weighted by molar-refractivity contribution is 5.92. The summed E-state index contributed by atoms with van der Waals surface area (Å²) in [5.74, 6) is -2.64. The number of hydrogen-bond donors (Lipinski definition) is 5. The number of carboxylic acid groups (broad SMARTS) is 1. The summed E-state index contributed by atoms with van der Waals surface area (Å²) in [7, 11) is 0. The van der Waals surface area contributed by atoms with Crippen LogP contribution in [0.3, 0.4) is 0 Å². The highest BCUT2D eigenvalue weighted by Gasteiger charge is 2.24. The third-order valence-corrected chi connectivity index (χ3v) is 3.12. The third kappa shape index (κ3) is 8.77. The first-order valence-electron chi connectivity index (χ1n) is 7.49. The van der Waals surface area contributed by atoms with Gasteiger partial charge in [0.05, 0.1) is 0 Å². The van der Waals surface area contributed by atoms with Crippen molar-refractivity contribution in [3.8, 4) is 0 Å². The summed E-state index contributed by atoms with van der Waals surface area (Å²) in [5, 5.41) is 16.0. The van der Waals surface area contributed by atoms with Gasteiger partial charge in [0, 0.05) is 6.92 Å². The van der Waals surface area contributed by atoms with E-state index in [1.165, 1.54) is 20.8 Å². The maximum absolute atomic E-state index is 12.2. The average molecular weight is 330 g/mol. The van der Waals surface area contributed by atoms with E-state index >= 15 is 0 Å². The van der Waals surface area contributed by atoms with Gasteiger partial charge in [-0.3, -0.25) is 19.2 Å². The zero-order valence-corrected chi connectivity index (χ0v) is 13.7. The van der Waals surface area contributed by atoms with Gasteiger partial charge in [0.15, 0.2) is 0 Å². The summed E-state index contributed by atoms with van der Waals surface area (Å²) in [4.78, 5) is 45.8. The van der Waals surface area contributed by atoms with Crippen LogP contribution < -0.4 is 21.7 Å². The molecular formula is C14H26N4O5. The molecule has 0 aromatic rings. The lowest BCUT2D eigenvalue weighted by Gasteiger charge is -2.21. The van der Waals surface area contributed by atoms with Gasteiger partial charge in [-0.25, -0.2) is 0 Å². The third-order valence-electron chi connectivity index (χ3n) is 3.12. The molecule has 3 amide bonds. The van der Waals surface area contributed by atoms with Crippen molar-refractivity contribution in [3.05, 3.63) is 0 Å². The van der Waals surface area contributed by atoms with Crippen LogP contribution in [0.25, 0.3) is 0 Å². The van der Waals surface area contributed by atoms with Crippen molar-refractivity contribution < 1.29 is 24.3 Å². The zero-order chi connectivity index (χ0) is 18.0. The van der Waals surface area contributed by atoms with Gasteiger partial charge in [0.1, 0.15) is 18.1 Å². The van der Waals surface area contributed by atoms with Crippen molar-refractivity contribution in [2.24, 2.45) is 5.73 Å². The second-order valence-corrected chi connectivity index (χ2v) is 5.34. The van der Waals surface area contributed by atoms with Gasteiger partial charge >= 0.3 is 5.97 Å². The predicted molar refractivity (Wildman–Crippen MR) is 83.4 cm³/mol. The number of rotatable bonds is 10. The van der Waals surface area contributed by atoms with Crippen LogP contribution >= 0.6 is 0 Å². The van der Waals surface area contributed by atoms with Gasteiger partial charge in [-0.2, -0.15) is 0 Å². The molecule has 3 atom stereocenters. The summed E-state index contributed by atoms with van der Waals surface area (Å²) >= 11 is 0. The fourth-order valence-corrected chi connectivity index (χ4v) is 1.79. The Morgan fingerprint density at radius 1 is 0.957 bits per heavy atom. The maximum Gasteiger partial charge on any atom is 0.325 e. The minimum atomic E-state index is -1.17. The number of nitrogens with two attached hydrogens (primary N) is 1. The first kappa shape index (κ1) is 20.8. The van der Waals surface area contributed by atoms with Crippen LogP contribution in [0.15, 0.2) is 0 Å². The Hall–Kier alpha value is -2.16. The van der Waals surface area contributed by atoms with Crippen molar-refractivity contribution in [1.82, 2.24) is 16.0 Å². The molecule has 132 valence electrons. The minimum absolute atomic E-state index is 0.352. The molecule has 6 N–H and O–H groups in total. The van der Waals surface area contributed by atoms with Crippen molar-refractivity contribution >= 4 is 23.7 Å². The molecule has 0 bridgehead atoms. The molecule has 0 aliphatic rings. The van der Waals surface area contributed by atoms with Crippen LogP contribution in [0.4, 0.5) is 0 Å². The van der Waals surface area contributed by atoms with Gasteiger partial charge in [-0.05, 0) is 39.7 Å². The van der Waals surface area contributed by atoms with Gasteiger partial charge in [0.2, 0.25) is 17.7 Å². The lowest BCUT2D eigenvalue weighted by atomic mass is 10.1. The standard InChI is InChI=1S/C14H26N4O5/c1-8(12(20)17-9(2)14(22)23)16-13(21)11(18-10(3)19)6-4-5-7-15/h8-9,11H,4-7,15H2,1-3H3,(H,16,21)(H,17,20)(H,18,19)(H,22,23)/t8-,9-,11-/m1/s1. The second kappa shape index (κ2) is 10.5. The molecule has 0 aliphatic heterocycles.